The fourth-order valence-corrected chi connectivity index (χ4v) is 3.07. The minimum atomic E-state index is -0.794. The van der Waals surface area contributed by atoms with Gasteiger partial charge in [-0.3, -0.25) is 0 Å². The average Bonchev–Trinajstić information content (AvgIpc) is 2.64. The van der Waals surface area contributed by atoms with Crippen LogP contribution in [0.1, 0.15) is 25.3 Å². The molecular weight excluding hydrogens is 316 g/mol. The third-order valence-corrected chi connectivity index (χ3v) is 4.38. The van der Waals surface area contributed by atoms with Crippen molar-refractivity contribution in [2.45, 2.75) is 32.2 Å². The number of hydrogen-bond donors (Lipinski definition) is 0. The Bertz CT molecular complexity index is 573. The number of rotatable bonds is 8. The smallest absolute Gasteiger partial charge is 0.216 e. The van der Waals surface area contributed by atoms with Gasteiger partial charge >= 0.3 is 0 Å². The van der Waals surface area contributed by atoms with Gasteiger partial charge in [0.25, 0.3) is 0 Å². The molecule has 1 atom stereocenters. The SMILES string of the molecule is CC1C=C(COCC2(COCc3ccccc3)OCCCO2)C=CC1. The molecule has 4 heteroatoms. The van der Waals surface area contributed by atoms with Crippen molar-refractivity contribution in [1.29, 1.82) is 0 Å². The van der Waals surface area contributed by atoms with Crippen LogP contribution in [0, 0.1) is 5.92 Å². The zero-order chi connectivity index (χ0) is 17.4. The van der Waals surface area contributed by atoms with Gasteiger partial charge in [0.2, 0.25) is 5.79 Å². The first-order valence-electron chi connectivity index (χ1n) is 9.10. The van der Waals surface area contributed by atoms with Crippen LogP contribution in [0.3, 0.4) is 0 Å². The molecule has 4 nitrogen and oxygen atoms in total. The third kappa shape index (κ3) is 5.79. The molecule has 1 fully saturated rings. The Morgan fingerprint density at radius 2 is 1.76 bits per heavy atom. The van der Waals surface area contributed by atoms with E-state index in [1.54, 1.807) is 0 Å². The minimum absolute atomic E-state index is 0.368. The van der Waals surface area contributed by atoms with E-state index in [1.165, 1.54) is 5.57 Å². The highest BCUT2D eigenvalue weighted by molar-refractivity contribution is 5.23. The first-order valence-corrected chi connectivity index (χ1v) is 9.10. The van der Waals surface area contributed by atoms with Crippen LogP contribution in [0.5, 0.6) is 0 Å². The molecule has 1 unspecified atom stereocenters. The lowest BCUT2D eigenvalue weighted by molar-refractivity contribution is -0.305. The average molecular weight is 344 g/mol. The number of hydrogen-bond acceptors (Lipinski definition) is 4. The van der Waals surface area contributed by atoms with E-state index in [1.807, 2.05) is 18.2 Å². The van der Waals surface area contributed by atoms with Crippen molar-refractivity contribution in [3.63, 3.8) is 0 Å². The van der Waals surface area contributed by atoms with Crippen LogP contribution in [0.4, 0.5) is 0 Å². The van der Waals surface area contributed by atoms with E-state index in [4.69, 9.17) is 18.9 Å². The summed E-state index contributed by atoms with van der Waals surface area (Å²) in [5.74, 6) is -0.216. The van der Waals surface area contributed by atoms with E-state index in [0.29, 0.717) is 45.6 Å². The van der Waals surface area contributed by atoms with E-state index in [0.717, 1.165) is 18.4 Å². The summed E-state index contributed by atoms with van der Waals surface area (Å²) in [7, 11) is 0. The highest BCUT2D eigenvalue weighted by Crippen LogP contribution is 2.22. The fraction of sp³-hybridized carbons (Fsp3) is 0.524. The van der Waals surface area contributed by atoms with Gasteiger partial charge in [-0.05, 0) is 29.9 Å². The Balaban J connectivity index is 1.49. The molecule has 1 saturated heterocycles. The molecule has 0 aromatic heterocycles. The first-order chi connectivity index (χ1) is 12.3. The number of ether oxygens (including phenoxy) is 4. The van der Waals surface area contributed by atoms with Crippen molar-refractivity contribution in [3.8, 4) is 0 Å². The van der Waals surface area contributed by atoms with E-state index < -0.39 is 5.79 Å². The lowest BCUT2D eigenvalue weighted by atomic mass is 9.98. The summed E-state index contributed by atoms with van der Waals surface area (Å²) in [5.41, 5.74) is 2.36. The quantitative estimate of drug-likeness (QED) is 0.717. The minimum Gasteiger partial charge on any atom is -0.371 e. The van der Waals surface area contributed by atoms with Crippen molar-refractivity contribution in [1.82, 2.24) is 0 Å². The summed E-state index contributed by atoms with van der Waals surface area (Å²) in [5, 5.41) is 0. The molecule has 1 aromatic rings. The van der Waals surface area contributed by atoms with E-state index in [9.17, 15) is 0 Å². The highest BCUT2D eigenvalue weighted by atomic mass is 16.7. The maximum atomic E-state index is 5.92. The summed E-state index contributed by atoms with van der Waals surface area (Å²) in [6.45, 7) is 5.44. The molecule has 0 amide bonds. The second kappa shape index (κ2) is 9.30. The summed E-state index contributed by atoms with van der Waals surface area (Å²) in [6, 6.07) is 10.1. The largest absolute Gasteiger partial charge is 0.371 e. The molecule has 0 bridgehead atoms. The number of allylic oxidation sites excluding steroid dienone is 2. The van der Waals surface area contributed by atoms with E-state index >= 15 is 0 Å². The van der Waals surface area contributed by atoms with Gasteiger partial charge in [0.1, 0.15) is 13.2 Å². The van der Waals surface area contributed by atoms with Gasteiger partial charge < -0.3 is 18.9 Å². The fourth-order valence-electron chi connectivity index (χ4n) is 3.07. The van der Waals surface area contributed by atoms with Crippen molar-refractivity contribution in [2.75, 3.05) is 33.0 Å². The molecule has 136 valence electrons. The Hall–Kier alpha value is -1.46. The van der Waals surface area contributed by atoms with Crippen LogP contribution < -0.4 is 0 Å². The monoisotopic (exact) mass is 344 g/mol. The predicted molar refractivity (Wildman–Crippen MR) is 97.2 cm³/mol. The second-order valence-corrected chi connectivity index (χ2v) is 6.79. The normalized spacial score (nSPS) is 22.6. The lowest BCUT2D eigenvalue weighted by Crippen LogP contribution is -2.48. The molecule has 3 rings (SSSR count). The second-order valence-electron chi connectivity index (χ2n) is 6.79. The summed E-state index contributed by atoms with van der Waals surface area (Å²) in [4.78, 5) is 0. The summed E-state index contributed by atoms with van der Waals surface area (Å²) in [6.07, 6.45) is 8.62. The molecule has 25 heavy (non-hydrogen) atoms. The van der Waals surface area contributed by atoms with Crippen molar-refractivity contribution in [3.05, 3.63) is 59.7 Å². The Kier molecular flexibility index (Phi) is 6.82. The zero-order valence-electron chi connectivity index (χ0n) is 15.0. The molecule has 0 spiro atoms. The van der Waals surface area contributed by atoms with Crippen molar-refractivity contribution < 1.29 is 18.9 Å². The van der Waals surface area contributed by atoms with Gasteiger partial charge in [0.05, 0.1) is 26.4 Å². The lowest BCUT2D eigenvalue weighted by Gasteiger charge is -2.36. The van der Waals surface area contributed by atoms with Gasteiger partial charge in [-0.2, -0.15) is 0 Å². The van der Waals surface area contributed by atoms with Crippen LogP contribution >= 0.6 is 0 Å². The van der Waals surface area contributed by atoms with Gasteiger partial charge in [0.15, 0.2) is 0 Å². The third-order valence-electron chi connectivity index (χ3n) is 4.38. The first kappa shape index (κ1) is 18.3. The van der Waals surface area contributed by atoms with Crippen LogP contribution in [-0.4, -0.2) is 38.8 Å². The van der Waals surface area contributed by atoms with Crippen LogP contribution in [0.25, 0.3) is 0 Å². The molecule has 0 N–H and O–H groups in total. The Labute approximate surface area is 150 Å². The standard InChI is InChI=1S/C21H28O4/c1-18-7-5-10-20(13-18)15-23-17-21(24-11-6-12-25-21)16-22-14-19-8-3-2-4-9-19/h2-5,8-10,13,18H,6-7,11-12,14-17H2,1H3. The van der Waals surface area contributed by atoms with E-state index in [2.05, 4.69) is 37.3 Å². The van der Waals surface area contributed by atoms with Crippen LogP contribution in [0.2, 0.25) is 0 Å². The Morgan fingerprint density at radius 1 is 1.04 bits per heavy atom. The summed E-state index contributed by atoms with van der Waals surface area (Å²) >= 11 is 0. The molecule has 1 heterocycles. The maximum absolute atomic E-state index is 5.92. The van der Waals surface area contributed by atoms with Gasteiger partial charge in [0, 0.05) is 0 Å². The molecule has 1 aliphatic carbocycles. The topological polar surface area (TPSA) is 36.9 Å². The van der Waals surface area contributed by atoms with Gasteiger partial charge in [-0.1, -0.05) is 55.5 Å². The van der Waals surface area contributed by atoms with Crippen LogP contribution in [-0.2, 0) is 25.6 Å². The molecule has 0 radical (unpaired) electrons. The van der Waals surface area contributed by atoms with E-state index in [-0.39, 0.29) is 0 Å². The maximum Gasteiger partial charge on any atom is 0.216 e. The molecule has 1 aliphatic heterocycles. The molecule has 1 aromatic carbocycles. The molecule has 2 aliphatic rings. The van der Waals surface area contributed by atoms with Crippen LogP contribution in [0.15, 0.2) is 54.1 Å². The molecular formula is C21H28O4. The van der Waals surface area contributed by atoms with Gasteiger partial charge in [-0.15, -0.1) is 0 Å². The van der Waals surface area contributed by atoms with Crippen molar-refractivity contribution >= 4 is 0 Å². The predicted octanol–water partition coefficient (Wildman–Crippen LogP) is 3.88. The number of benzene rings is 1. The molecule has 0 saturated carbocycles. The van der Waals surface area contributed by atoms with Crippen molar-refractivity contribution in [2.24, 2.45) is 5.92 Å². The Morgan fingerprint density at radius 3 is 2.48 bits per heavy atom. The highest BCUT2D eigenvalue weighted by Gasteiger charge is 2.35. The zero-order valence-corrected chi connectivity index (χ0v) is 15.0. The summed E-state index contributed by atoms with van der Waals surface area (Å²) < 4.78 is 23.6. The van der Waals surface area contributed by atoms with Gasteiger partial charge in [-0.25, -0.2) is 0 Å².